The number of halogens is 1. The summed E-state index contributed by atoms with van der Waals surface area (Å²) in [5, 5.41) is 2.68. The summed E-state index contributed by atoms with van der Waals surface area (Å²) in [4.78, 5) is 25.3. The number of piperazine rings is 1. The summed E-state index contributed by atoms with van der Waals surface area (Å²) in [7, 11) is 0. The molecule has 4 nitrogen and oxygen atoms in total. The third-order valence-corrected chi connectivity index (χ3v) is 2.82. The molecule has 0 saturated carbocycles. The molecule has 0 radical (unpaired) electrons. The molecular weight excluding hydrogens is 228 g/mol. The van der Waals surface area contributed by atoms with Gasteiger partial charge in [0, 0.05) is 12.1 Å². The third kappa shape index (κ3) is 2.55. The third-order valence-electron chi connectivity index (χ3n) is 2.64. The summed E-state index contributed by atoms with van der Waals surface area (Å²) >= 11 is 5.45. The van der Waals surface area contributed by atoms with Gasteiger partial charge in [-0.05, 0) is 12.8 Å². The molecule has 1 N–H and O–H groups in total. The molecule has 2 amide bonds. The number of nitrogens with zero attached hydrogens (tertiary/aromatic N) is 1. The lowest BCUT2D eigenvalue weighted by atomic mass is 9.97. The smallest absolute Gasteiger partial charge is 0.245 e. The van der Waals surface area contributed by atoms with Gasteiger partial charge in [-0.3, -0.25) is 9.59 Å². The minimum absolute atomic E-state index is 0.0620. The molecular formula is C11H17ClN2O2. The Labute approximate surface area is 101 Å². The lowest BCUT2D eigenvalue weighted by molar-refractivity contribution is -0.149. The van der Waals surface area contributed by atoms with Crippen LogP contribution >= 0.6 is 11.6 Å². The van der Waals surface area contributed by atoms with E-state index in [1.54, 1.807) is 17.9 Å². The molecule has 1 rings (SSSR count). The molecule has 0 aromatic rings. The molecule has 1 aliphatic rings. The van der Waals surface area contributed by atoms with Gasteiger partial charge in [0.25, 0.3) is 0 Å². The largest absolute Gasteiger partial charge is 0.343 e. The average molecular weight is 245 g/mol. The van der Waals surface area contributed by atoms with Gasteiger partial charge in [0.15, 0.2) is 0 Å². The van der Waals surface area contributed by atoms with Gasteiger partial charge in [-0.1, -0.05) is 31.5 Å². The van der Waals surface area contributed by atoms with Crippen LogP contribution in [0.15, 0.2) is 11.6 Å². The zero-order valence-corrected chi connectivity index (χ0v) is 10.5. The van der Waals surface area contributed by atoms with Gasteiger partial charge in [-0.25, -0.2) is 0 Å². The van der Waals surface area contributed by atoms with E-state index in [0.717, 1.165) is 0 Å². The molecule has 0 aliphatic carbocycles. The molecule has 2 unspecified atom stereocenters. The van der Waals surface area contributed by atoms with E-state index in [2.05, 4.69) is 5.32 Å². The number of hydrogen-bond donors (Lipinski definition) is 1. The average Bonchev–Trinajstić information content (AvgIpc) is 2.20. The van der Waals surface area contributed by atoms with Crippen LogP contribution < -0.4 is 5.32 Å². The zero-order chi connectivity index (χ0) is 12.3. The second kappa shape index (κ2) is 5.34. The topological polar surface area (TPSA) is 49.4 Å². The maximum Gasteiger partial charge on any atom is 0.245 e. The van der Waals surface area contributed by atoms with Gasteiger partial charge in [0.05, 0.1) is 0 Å². The first-order valence-corrected chi connectivity index (χ1v) is 5.78. The number of hydrogen-bond acceptors (Lipinski definition) is 2. The summed E-state index contributed by atoms with van der Waals surface area (Å²) in [6.07, 6.45) is 1.67. The molecule has 16 heavy (non-hydrogen) atoms. The van der Waals surface area contributed by atoms with Gasteiger partial charge in [-0.2, -0.15) is 0 Å². The Bertz CT molecular complexity index is 315. The van der Waals surface area contributed by atoms with E-state index < -0.39 is 12.1 Å². The van der Waals surface area contributed by atoms with Crippen molar-refractivity contribution < 1.29 is 9.59 Å². The van der Waals surface area contributed by atoms with Crippen LogP contribution in [-0.4, -0.2) is 35.3 Å². The normalized spacial score (nSPS) is 26.7. The van der Waals surface area contributed by atoms with Crippen LogP contribution in [0, 0.1) is 5.92 Å². The molecule has 1 saturated heterocycles. The maximum atomic E-state index is 11.9. The van der Waals surface area contributed by atoms with Crippen molar-refractivity contribution in [3.63, 3.8) is 0 Å². The van der Waals surface area contributed by atoms with Crippen LogP contribution in [0.5, 0.6) is 0 Å². The molecule has 1 aliphatic heterocycles. The van der Waals surface area contributed by atoms with Crippen LogP contribution in [0.1, 0.15) is 20.8 Å². The second-order valence-corrected chi connectivity index (χ2v) is 4.52. The van der Waals surface area contributed by atoms with Crippen LogP contribution in [-0.2, 0) is 9.59 Å². The molecule has 90 valence electrons. The maximum absolute atomic E-state index is 11.9. The van der Waals surface area contributed by atoms with Crippen molar-refractivity contribution in [1.82, 2.24) is 10.2 Å². The number of nitrogens with one attached hydrogen (secondary N) is 1. The lowest BCUT2D eigenvalue weighted by Gasteiger charge is -2.39. The van der Waals surface area contributed by atoms with Gasteiger partial charge in [0.1, 0.15) is 12.1 Å². The Morgan fingerprint density at radius 1 is 1.50 bits per heavy atom. The van der Waals surface area contributed by atoms with Crippen molar-refractivity contribution in [3.8, 4) is 0 Å². The van der Waals surface area contributed by atoms with Gasteiger partial charge in [-0.15, -0.1) is 0 Å². The van der Waals surface area contributed by atoms with Gasteiger partial charge >= 0.3 is 0 Å². The predicted octanol–water partition coefficient (Wildman–Crippen LogP) is 1.11. The summed E-state index contributed by atoms with van der Waals surface area (Å²) < 4.78 is 0. The molecule has 0 aromatic heterocycles. The SMILES string of the molecule is CC1NC(=O)C(C(C)C)N(C/C=C/Cl)C1=O. The molecule has 2 atom stereocenters. The summed E-state index contributed by atoms with van der Waals surface area (Å²) in [6.45, 7) is 5.91. The van der Waals surface area contributed by atoms with E-state index >= 15 is 0 Å². The zero-order valence-electron chi connectivity index (χ0n) is 9.74. The van der Waals surface area contributed by atoms with E-state index in [9.17, 15) is 9.59 Å². The van der Waals surface area contributed by atoms with Crippen molar-refractivity contribution in [1.29, 1.82) is 0 Å². The highest BCUT2D eigenvalue weighted by Gasteiger charge is 2.39. The van der Waals surface area contributed by atoms with Gasteiger partial charge < -0.3 is 10.2 Å². The number of carbonyl (C=O) groups excluding carboxylic acids is 2. The summed E-state index contributed by atoms with van der Waals surface area (Å²) in [5.74, 6) is -0.0710. The fourth-order valence-electron chi connectivity index (χ4n) is 1.91. The Balaban J connectivity index is 2.92. The molecule has 1 heterocycles. The Kier molecular flexibility index (Phi) is 4.35. The first kappa shape index (κ1) is 13.0. The van der Waals surface area contributed by atoms with Crippen molar-refractivity contribution in [3.05, 3.63) is 11.6 Å². The highest BCUT2D eigenvalue weighted by molar-refractivity contribution is 6.25. The molecule has 1 fully saturated rings. The minimum atomic E-state index is -0.453. The Morgan fingerprint density at radius 2 is 2.12 bits per heavy atom. The highest BCUT2D eigenvalue weighted by atomic mass is 35.5. The first-order chi connectivity index (χ1) is 7.49. The van der Waals surface area contributed by atoms with E-state index in [4.69, 9.17) is 11.6 Å². The predicted molar refractivity (Wildman–Crippen MR) is 62.9 cm³/mol. The first-order valence-electron chi connectivity index (χ1n) is 5.35. The van der Waals surface area contributed by atoms with Crippen molar-refractivity contribution in [2.45, 2.75) is 32.9 Å². The fourth-order valence-corrected chi connectivity index (χ4v) is 1.99. The van der Waals surface area contributed by atoms with Crippen molar-refractivity contribution in [2.24, 2.45) is 5.92 Å². The highest BCUT2D eigenvalue weighted by Crippen LogP contribution is 2.17. The monoisotopic (exact) mass is 244 g/mol. The van der Waals surface area contributed by atoms with Crippen LogP contribution in [0.4, 0.5) is 0 Å². The lowest BCUT2D eigenvalue weighted by Crippen LogP contribution is -2.63. The second-order valence-electron chi connectivity index (χ2n) is 4.27. The molecule has 5 heteroatoms. The van der Waals surface area contributed by atoms with E-state index in [1.807, 2.05) is 13.8 Å². The van der Waals surface area contributed by atoms with Gasteiger partial charge in [0.2, 0.25) is 11.8 Å². The van der Waals surface area contributed by atoms with Crippen LogP contribution in [0.3, 0.4) is 0 Å². The Hall–Kier alpha value is -1.03. The van der Waals surface area contributed by atoms with E-state index in [-0.39, 0.29) is 17.7 Å². The fraction of sp³-hybridized carbons (Fsp3) is 0.636. The van der Waals surface area contributed by atoms with Crippen molar-refractivity contribution >= 4 is 23.4 Å². The Morgan fingerprint density at radius 3 is 2.62 bits per heavy atom. The van der Waals surface area contributed by atoms with Crippen molar-refractivity contribution in [2.75, 3.05) is 6.54 Å². The van der Waals surface area contributed by atoms with E-state index in [0.29, 0.717) is 6.54 Å². The number of carbonyl (C=O) groups is 2. The van der Waals surface area contributed by atoms with Crippen LogP contribution in [0.25, 0.3) is 0 Å². The van der Waals surface area contributed by atoms with Crippen LogP contribution in [0.2, 0.25) is 0 Å². The number of rotatable bonds is 3. The molecule has 0 bridgehead atoms. The number of amides is 2. The minimum Gasteiger partial charge on any atom is -0.343 e. The standard InChI is InChI=1S/C11H17ClN2O2/c1-7(2)9-10(15)13-8(3)11(16)14(9)6-4-5-12/h4-5,7-9H,6H2,1-3H3,(H,13,15)/b5-4+. The summed E-state index contributed by atoms with van der Waals surface area (Å²) in [5.41, 5.74) is 1.36. The molecule has 0 aromatic carbocycles. The molecule has 0 spiro atoms. The summed E-state index contributed by atoms with van der Waals surface area (Å²) in [6, 6.07) is -0.859. The van der Waals surface area contributed by atoms with E-state index in [1.165, 1.54) is 5.54 Å². The quantitative estimate of drug-likeness (QED) is 0.809.